The van der Waals surface area contributed by atoms with E-state index in [1.165, 1.54) is 11.1 Å². The summed E-state index contributed by atoms with van der Waals surface area (Å²) in [5, 5.41) is 9.96. The van der Waals surface area contributed by atoms with Crippen LogP contribution in [0, 0.1) is 0 Å². The van der Waals surface area contributed by atoms with Gasteiger partial charge >= 0.3 is 0 Å². The summed E-state index contributed by atoms with van der Waals surface area (Å²) in [6, 6.07) is 26.5. The second-order valence-corrected chi connectivity index (χ2v) is 7.98. The molecule has 0 aliphatic carbocycles. The predicted molar refractivity (Wildman–Crippen MR) is 125 cm³/mol. The Labute approximate surface area is 187 Å². The lowest BCUT2D eigenvalue weighted by Gasteiger charge is -2.12. The second-order valence-electron chi connectivity index (χ2n) is 7.03. The van der Waals surface area contributed by atoms with Crippen LogP contribution in [0.1, 0.15) is 11.1 Å². The summed E-state index contributed by atoms with van der Waals surface area (Å²) in [6.45, 7) is 0.783. The number of hydrogen-bond donors (Lipinski definition) is 0. The number of benzene rings is 3. The average molecular weight is 432 g/mol. The molecule has 0 aliphatic heterocycles. The molecule has 4 aromatic rings. The van der Waals surface area contributed by atoms with E-state index >= 15 is 0 Å². The third kappa shape index (κ3) is 5.09. The lowest BCUT2D eigenvalue weighted by atomic mass is 10.1. The van der Waals surface area contributed by atoms with Crippen molar-refractivity contribution in [1.29, 1.82) is 0 Å². The van der Waals surface area contributed by atoms with E-state index in [2.05, 4.69) is 51.2 Å². The molecule has 0 fully saturated rings. The summed E-state index contributed by atoms with van der Waals surface area (Å²) in [5.41, 5.74) is 3.41. The maximum absolute atomic E-state index is 5.58. The Hall–Kier alpha value is -3.25. The van der Waals surface area contributed by atoms with Crippen molar-refractivity contribution >= 4 is 11.8 Å². The summed E-state index contributed by atoms with van der Waals surface area (Å²) in [5.74, 6) is 3.26. The highest BCUT2D eigenvalue weighted by Crippen LogP contribution is 2.32. The number of thioether (sulfide) groups is 1. The zero-order chi connectivity index (χ0) is 21.5. The molecular formula is C25H25N3O2S. The molecule has 0 bridgehead atoms. The third-order valence-corrected chi connectivity index (χ3v) is 6.07. The number of methoxy groups -OCH3 is 2. The maximum atomic E-state index is 5.58. The molecule has 0 radical (unpaired) electrons. The molecule has 0 saturated heterocycles. The van der Waals surface area contributed by atoms with Gasteiger partial charge in [0.1, 0.15) is 11.5 Å². The van der Waals surface area contributed by atoms with E-state index in [9.17, 15) is 0 Å². The van der Waals surface area contributed by atoms with Crippen LogP contribution in [0.5, 0.6) is 11.5 Å². The number of ether oxygens (including phenoxy) is 2. The monoisotopic (exact) mass is 431 g/mol. The minimum absolute atomic E-state index is 0.783. The normalized spacial score (nSPS) is 10.8. The summed E-state index contributed by atoms with van der Waals surface area (Å²) in [7, 11) is 3.37. The van der Waals surface area contributed by atoms with Crippen LogP contribution in [-0.2, 0) is 18.7 Å². The van der Waals surface area contributed by atoms with Gasteiger partial charge in [-0.15, -0.1) is 10.2 Å². The fraction of sp³-hybridized carbons (Fsp3) is 0.200. The van der Waals surface area contributed by atoms with Gasteiger partial charge in [0.15, 0.2) is 11.0 Å². The number of para-hydroxylation sites is 1. The Balaban J connectivity index is 1.63. The van der Waals surface area contributed by atoms with E-state index in [-0.39, 0.29) is 0 Å². The molecule has 6 heteroatoms. The second kappa shape index (κ2) is 10.2. The van der Waals surface area contributed by atoms with Crippen molar-refractivity contribution < 1.29 is 9.47 Å². The van der Waals surface area contributed by atoms with Gasteiger partial charge in [-0.05, 0) is 41.8 Å². The molecule has 5 nitrogen and oxygen atoms in total. The van der Waals surface area contributed by atoms with Gasteiger partial charge in [0.2, 0.25) is 0 Å². The van der Waals surface area contributed by atoms with Crippen LogP contribution in [0.25, 0.3) is 11.4 Å². The lowest BCUT2D eigenvalue weighted by molar-refractivity contribution is 0.414. The van der Waals surface area contributed by atoms with E-state index < -0.39 is 0 Å². The molecule has 1 heterocycles. The van der Waals surface area contributed by atoms with Crippen LogP contribution >= 0.6 is 11.8 Å². The van der Waals surface area contributed by atoms with Crippen molar-refractivity contribution in [2.75, 3.05) is 14.2 Å². The molecule has 0 atom stereocenters. The fourth-order valence-corrected chi connectivity index (χ4v) is 4.33. The number of hydrogen-bond acceptors (Lipinski definition) is 5. The number of nitrogens with zero attached hydrogens (tertiary/aromatic N) is 3. The van der Waals surface area contributed by atoms with Gasteiger partial charge in [-0.3, -0.25) is 0 Å². The first kappa shape index (κ1) is 21.0. The predicted octanol–water partition coefficient (Wildman–Crippen LogP) is 5.50. The van der Waals surface area contributed by atoms with Crippen molar-refractivity contribution in [3.63, 3.8) is 0 Å². The zero-order valence-corrected chi connectivity index (χ0v) is 18.5. The van der Waals surface area contributed by atoms with Crippen LogP contribution in [0.2, 0.25) is 0 Å². The van der Waals surface area contributed by atoms with Crippen molar-refractivity contribution in [1.82, 2.24) is 14.8 Å². The molecule has 0 aliphatic rings. The Morgan fingerprint density at radius 1 is 0.806 bits per heavy atom. The van der Waals surface area contributed by atoms with Crippen LogP contribution in [0.4, 0.5) is 0 Å². The highest BCUT2D eigenvalue weighted by atomic mass is 32.2. The first-order valence-electron chi connectivity index (χ1n) is 10.1. The van der Waals surface area contributed by atoms with E-state index in [0.29, 0.717) is 0 Å². The van der Waals surface area contributed by atoms with Crippen molar-refractivity contribution in [2.24, 2.45) is 0 Å². The SMILES string of the molecule is COc1cccc(CSc2nnc(-c3ccccc3OC)n2CCc2ccccc2)c1. The lowest BCUT2D eigenvalue weighted by Crippen LogP contribution is -2.06. The summed E-state index contributed by atoms with van der Waals surface area (Å²) < 4.78 is 13.1. The van der Waals surface area contributed by atoms with Gasteiger partial charge in [-0.1, -0.05) is 66.4 Å². The molecule has 0 spiro atoms. The standard InChI is InChI=1S/C25H25N3O2S/c1-29-21-12-8-11-20(17-21)18-31-25-27-26-24(22-13-6-7-14-23(22)30-2)28(25)16-15-19-9-4-3-5-10-19/h3-14,17H,15-16,18H2,1-2H3. The molecule has 0 saturated carbocycles. The highest BCUT2D eigenvalue weighted by molar-refractivity contribution is 7.98. The average Bonchev–Trinajstić information content (AvgIpc) is 3.24. The van der Waals surface area contributed by atoms with Crippen LogP contribution < -0.4 is 9.47 Å². The van der Waals surface area contributed by atoms with E-state index in [0.717, 1.165) is 46.8 Å². The van der Waals surface area contributed by atoms with Gasteiger partial charge in [0, 0.05) is 12.3 Å². The van der Waals surface area contributed by atoms with E-state index in [1.54, 1.807) is 26.0 Å². The van der Waals surface area contributed by atoms with Gasteiger partial charge in [0.25, 0.3) is 0 Å². The molecule has 31 heavy (non-hydrogen) atoms. The molecule has 0 amide bonds. The van der Waals surface area contributed by atoms with Crippen molar-refractivity contribution in [3.8, 4) is 22.9 Å². The molecular weight excluding hydrogens is 406 g/mol. The van der Waals surface area contributed by atoms with Crippen molar-refractivity contribution in [2.45, 2.75) is 23.9 Å². The maximum Gasteiger partial charge on any atom is 0.191 e. The van der Waals surface area contributed by atoms with Gasteiger partial charge in [0.05, 0.1) is 19.8 Å². The number of rotatable bonds is 9. The highest BCUT2D eigenvalue weighted by Gasteiger charge is 2.17. The van der Waals surface area contributed by atoms with Gasteiger partial charge in [-0.25, -0.2) is 0 Å². The topological polar surface area (TPSA) is 49.2 Å². The van der Waals surface area contributed by atoms with Crippen LogP contribution in [0.15, 0.2) is 84.0 Å². The van der Waals surface area contributed by atoms with Crippen LogP contribution in [-0.4, -0.2) is 29.0 Å². The molecule has 0 unspecified atom stereocenters. The largest absolute Gasteiger partial charge is 0.497 e. The Morgan fingerprint density at radius 2 is 1.58 bits per heavy atom. The summed E-state index contributed by atoms with van der Waals surface area (Å²) in [6.07, 6.45) is 0.897. The number of aromatic nitrogens is 3. The Kier molecular flexibility index (Phi) is 6.89. The minimum Gasteiger partial charge on any atom is -0.497 e. The molecule has 3 aromatic carbocycles. The fourth-order valence-electron chi connectivity index (χ4n) is 3.42. The van der Waals surface area contributed by atoms with E-state index in [1.807, 2.05) is 42.5 Å². The zero-order valence-electron chi connectivity index (χ0n) is 17.7. The quantitative estimate of drug-likeness (QED) is 0.328. The van der Waals surface area contributed by atoms with Crippen molar-refractivity contribution in [3.05, 3.63) is 90.0 Å². The molecule has 158 valence electrons. The third-order valence-electron chi connectivity index (χ3n) is 5.03. The smallest absolute Gasteiger partial charge is 0.191 e. The Morgan fingerprint density at radius 3 is 2.39 bits per heavy atom. The van der Waals surface area contributed by atoms with E-state index in [4.69, 9.17) is 9.47 Å². The summed E-state index contributed by atoms with van der Waals surface area (Å²) >= 11 is 1.68. The molecule has 0 N–H and O–H groups in total. The molecule has 1 aromatic heterocycles. The Bertz CT molecular complexity index is 1130. The first-order chi connectivity index (χ1) is 15.3. The minimum atomic E-state index is 0.783. The first-order valence-corrected chi connectivity index (χ1v) is 11.1. The van der Waals surface area contributed by atoms with Gasteiger partial charge in [-0.2, -0.15) is 0 Å². The number of aryl methyl sites for hydroxylation is 1. The summed E-state index contributed by atoms with van der Waals surface area (Å²) in [4.78, 5) is 0. The molecule has 4 rings (SSSR count). The van der Waals surface area contributed by atoms with Crippen LogP contribution in [0.3, 0.4) is 0 Å². The van der Waals surface area contributed by atoms with Gasteiger partial charge < -0.3 is 14.0 Å².